The van der Waals surface area contributed by atoms with Gasteiger partial charge >= 0.3 is 0 Å². The SMILES string of the molecule is C=C(NC1CCCC1)NC12CC3CC(CC(C3)C1)C2. The maximum atomic E-state index is 4.27. The Balaban J connectivity index is 1.40. The van der Waals surface area contributed by atoms with Crippen LogP contribution in [0.5, 0.6) is 0 Å². The van der Waals surface area contributed by atoms with Crippen molar-refractivity contribution < 1.29 is 0 Å². The van der Waals surface area contributed by atoms with Crippen LogP contribution in [0.2, 0.25) is 0 Å². The van der Waals surface area contributed by atoms with Crippen LogP contribution in [-0.4, -0.2) is 11.6 Å². The molecule has 0 saturated heterocycles. The minimum absolute atomic E-state index is 0.414. The summed E-state index contributed by atoms with van der Waals surface area (Å²) in [5, 5.41) is 7.49. The molecule has 0 aliphatic heterocycles. The summed E-state index contributed by atoms with van der Waals surface area (Å²) in [6.45, 7) is 4.27. The highest BCUT2D eigenvalue weighted by Crippen LogP contribution is 2.55. The van der Waals surface area contributed by atoms with Crippen molar-refractivity contribution in [3.05, 3.63) is 12.4 Å². The molecule has 0 aromatic rings. The largest absolute Gasteiger partial charge is 0.370 e. The van der Waals surface area contributed by atoms with Crippen LogP contribution >= 0.6 is 0 Å². The van der Waals surface area contributed by atoms with Gasteiger partial charge in [-0.25, -0.2) is 0 Å². The lowest BCUT2D eigenvalue weighted by molar-refractivity contribution is -0.0157. The molecule has 0 aromatic carbocycles. The molecular formula is C17H28N2. The van der Waals surface area contributed by atoms with Crippen LogP contribution in [0.1, 0.15) is 64.2 Å². The van der Waals surface area contributed by atoms with Crippen LogP contribution in [0, 0.1) is 17.8 Å². The van der Waals surface area contributed by atoms with E-state index in [4.69, 9.17) is 0 Å². The Morgan fingerprint density at radius 1 is 0.895 bits per heavy atom. The van der Waals surface area contributed by atoms with E-state index in [1.807, 2.05) is 0 Å². The van der Waals surface area contributed by atoms with E-state index < -0.39 is 0 Å². The Bertz CT molecular complexity index is 332. The monoisotopic (exact) mass is 260 g/mol. The zero-order chi connectivity index (χ0) is 12.9. The van der Waals surface area contributed by atoms with Crippen molar-refractivity contribution in [2.24, 2.45) is 17.8 Å². The molecule has 4 bridgehead atoms. The summed E-state index contributed by atoms with van der Waals surface area (Å²) >= 11 is 0. The first kappa shape index (κ1) is 12.1. The van der Waals surface area contributed by atoms with Gasteiger partial charge in [-0.3, -0.25) is 0 Å². The lowest BCUT2D eigenvalue weighted by atomic mass is 9.53. The third-order valence-corrected chi connectivity index (χ3v) is 6.19. The van der Waals surface area contributed by atoms with Gasteiger partial charge in [0, 0.05) is 11.6 Å². The van der Waals surface area contributed by atoms with Crippen molar-refractivity contribution in [1.29, 1.82) is 0 Å². The Labute approximate surface area is 117 Å². The van der Waals surface area contributed by atoms with E-state index in [1.54, 1.807) is 0 Å². The minimum atomic E-state index is 0.414. The molecule has 106 valence electrons. The normalized spacial score (nSPS) is 44.5. The van der Waals surface area contributed by atoms with Gasteiger partial charge in [0.25, 0.3) is 0 Å². The minimum Gasteiger partial charge on any atom is -0.370 e. The van der Waals surface area contributed by atoms with Gasteiger partial charge in [-0.15, -0.1) is 0 Å². The molecule has 19 heavy (non-hydrogen) atoms. The molecule has 0 atom stereocenters. The van der Waals surface area contributed by atoms with E-state index in [0.29, 0.717) is 11.6 Å². The quantitative estimate of drug-likeness (QED) is 0.808. The molecule has 2 nitrogen and oxygen atoms in total. The van der Waals surface area contributed by atoms with Crippen molar-refractivity contribution >= 4 is 0 Å². The first-order valence-electron chi connectivity index (χ1n) is 8.44. The van der Waals surface area contributed by atoms with Gasteiger partial charge in [0.15, 0.2) is 0 Å². The molecule has 0 radical (unpaired) electrons. The van der Waals surface area contributed by atoms with Crippen LogP contribution in [0.25, 0.3) is 0 Å². The highest BCUT2D eigenvalue weighted by atomic mass is 15.2. The maximum absolute atomic E-state index is 4.27. The first-order valence-corrected chi connectivity index (χ1v) is 8.44. The van der Waals surface area contributed by atoms with Gasteiger partial charge in [-0.05, 0) is 69.1 Å². The van der Waals surface area contributed by atoms with Gasteiger partial charge in [0.05, 0.1) is 5.82 Å². The van der Waals surface area contributed by atoms with E-state index in [2.05, 4.69) is 17.2 Å². The number of hydrogen-bond acceptors (Lipinski definition) is 2. The standard InChI is InChI=1S/C17H28N2/c1-12(18-16-4-2-3-5-16)19-17-9-13-6-14(10-17)8-15(7-13)11-17/h13-16,18-19H,1-11H2. The average Bonchev–Trinajstić information content (AvgIpc) is 2.78. The van der Waals surface area contributed by atoms with Crippen LogP contribution < -0.4 is 10.6 Å². The second-order valence-corrected chi connectivity index (χ2v) is 7.93. The van der Waals surface area contributed by atoms with E-state index in [1.165, 1.54) is 64.2 Å². The van der Waals surface area contributed by atoms with Crippen molar-refractivity contribution in [2.45, 2.75) is 75.8 Å². The predicted molar refractivity (Wildman–Crippen MR) is 78.6 cm³/mol. The van der Waals surface area contributed by atoms with E-state index in [-0.39, 0.29) is 0 Å². The Morgan fingerprint density at radius 2 is 1.42 bits per heavy atom. The fourth-order valence-corrected chi connectivity index (χ4v) is 5.94. The Hall–Kier alpha value is -0.660. The molecule has 0 amide bonds. The highest BCUT2D eigenvalue weighted by molar-refractivity contribution is 5.11. The molecule has 5 aliphatic carbocycles. The lowest BCUT2D eigenvalue weighted by Crippen LogP contribution is -2.59. The zero-order valence-electron chi connectivity index (χ0n) is 12.1. The van der Waals surface area contributed by atoms with Gasteiger partial charge in [-0.2, -0.15) is 0 Å². The van der Waals surface area contributed by atoms with E-state index in [0.717, 1.165) is 23.6 Å². The van der Waals surface area contributed by atoms with Crippen LogP contribution in [-0.2, 0) is 0 Å². The predicted octanol–water partition coefficient (Wildman–Crippen LogP) is 3.55. The number of nitrogens with one attached hydrogen (secondary N) is 2. The molecule has 0 heterocycles. The van der Waals surface area contributed by atoms with Crippen molar-refractivity contribution in [1.82, 2.24) is 10.6 Å². The number of rotatable bonds is 4. The third-order valence-electron chi connectivity index (χ3n) is 6.19. The average molecular weight is 260 g/mol. The van der Waals surface area contributed by atoms with Crippen molar-refractivity contribution in [3.63, 3.8) is 0 Å². The smallest absolute Gasteiger partial charge is 0.0918 e. The van der Waals surface area contributed by atoms with Gasteiger partial charge in [0.1, 0.15) is 0 Å². The summed E-state index contributed by atoms with van der Waals surface area (Å²) in [4.78, 5) is 0. The summed E-state index contributed by atoms with van der Waals surface area (Å²) in [5.74, 6) is 4.16. The Kier molecular flexibility index (Phi) is 2.82. The molecule has 2 heteroatoms. The zero-order valence-corrected chi connectivity index (χ0v) is 12.1. The Morgan fingerprint density at radius 3 is 1.95 bits per heavy atom. The molecule has 5 saturated carbocycles. The highest BCUT2D eigenvalue weighted by Gasteiger charge is 2.51. The fraction of sp³-hybridized carbons (Fsp3) is 0.882. The summed E-state index contributed by atoms with van der Waals surface area (Å²) < 4.78 is 0. The molecule has 0 spiro atoms. The van der Waals surface area contributed by atoms with Gasteiger partial charge in [-0.1, -0.05) is 19.4 Å². The summed E-state index contributed by atoms with van der Waals surface area (Å²) in [6, 6.07) is 0.689. The van der Waals surface area contributed by atoms with Gasteiger partial charge in [0.2, 0.25) is 0 Å². The second kappa shape index (κ2) is 4.43. The molecule has 5 rings (SSSR count). The van der Waals surface area contributed by atoms with E-state index in [9.17, 15) is 0 Å². The summed E-state index contributed by atoms with van der Waals surface area (Å²) in [6.07, 6.45) is 14.2. The molecular weight excluding hydrogens is 232 g/mol. The first-order chi connectivity index (χ1) is 9.21. The van der Waals surface area contributed by atoms with E-state index >= 15 is 0 Å². The van der Waals surface area contributed by atoms with Crippen LogP contribution in [0.4, 0.5) is 0 Å². The molecule has 5 aliphatic rings. The molecule has 5 fully saturated rings. The maximum Gasteiger partial charge on any atom is 0.0918 e. The second-order valence-electron chi connectivity index (χ2n) is 7.93. The van der Waals surface area contributed by atoms with Crippen LogP contribution in [0.15, 0.2) is 12.4 Å². The number of hydrogen-bond donors (Lipinski definition) is 2. The molecule has 0 unspecified atom stereocenters. The van der Waals surface area contributed by atoms with Gasteiger partial charge < -0.3 is 10.6 Å². The van der Waals surface area contributed by atoms with Crippen LogP contribution in [0.3, 0.4) is 0 Å². The summed E-state index contributed by atoms with van der Waals surface area (Å²) in [7, 11) is 0. The molecule has 0 aromatic heterocycles. The molecule has 2 N–H and O–H groups in total. The van der Waals surface area contributed by atoms with Crippen molar-refractivity contribution in [2.75, 3.05) is 0 Å². The summed E-state index contributed by atoms with van der Waals surface area (Å²) in [5.41, 5.74) is 0.414. The van der Waals surface area contributed by atoms with Crippen molar-refractivity contribution in [3.8, 4) is 0 Å². The lowest BCUT2D eigenvalue weighted by Gasteiger charge is -2.57. The fourth-order valence-electron chi connectivity index (χ4n) is 5.94. The third kappa shape index (κ3) is 2.28. The topological polar surface area (TPSA) is 24.1 Å².